The lowest BCUT2D eigenvalue weighted by Gasteiger charge is -2.10. The van der Waals surface area contributed by atoms with Gasteiger partial charge in [0.15, 0.2) is 10.6 Å². The van der Waals surface area contributed by atoms with Crippen molar-refractivity contribution in [1.29, 1.82) is 0 Å². The second-order valence-electron chi connectivity index (χ2n) is 6.48. The van der Waals surface area contributed by atoms with Crippen LogP contribution in [0.15, 0.2) is 53.7 Å². The summed E-state index contributed by atoms with van der Waals surface area (Å²) in [4.78, 5) is 12.7. The number of carbonyl (C=O) groups is 1. The Balaban J connectivity index is 1.54. The zero-order valence-corrected chi connectivity index (χ0v) is 17.9. The monoisotopic (exact) mass is 438 g/mol. The fraction of sp³-hybridized carbons (Fsp3) is 0.158. The number of aromatic amines is 1. The lowest BCUT2D eigenvalue weighted by molar-refractivity contribution is -0.116. The number of carbonyl (C=O) groups excluding carboxylic acids is 1. The standard InChI is InChI=1S/C19H18N8OS2/c1-12-6-8-13(9-7-12)17-21-22-18(29)26(17)11-16(28)20-14-4-3-5-15(10-14)27-19(30-2)23-24-25-27/h3-10H,11H2,1-2H3,(H,20,28)(H,22,29). The first-order chi connectivity index (χ1) is 14.5. The number of aryl methyl sites for hydroxylation is 1. The van der Waals surface area contributed by atoms with Crippen molar-refractivity contribution in [3.05, 3.63) is 58.9 Å². The van der Waals surface area contributed by atoms with E-state index in [1.54, 1.807) is 15.3 Å². The molecule has 2 N–H and O–H groups in total. The Morgan fingerprint density at radius 2 is 2.03 bits per heavy atom. The molecule has 0 saturated carbocycles. The van der Waals surface area contributed by atoms with Gasteiger partial charge in [0.05, 0.1) is 5.69 Å². The Labute approximate surface area is 181 Å². The predicted octanol–water partition coefficient (Wildman–Crippen LogP) is 3.25. The minimum Gasteiger partial charge on any atom is -0.324 e. The molecule has 0 atom stereocenters. The number of amides is 1. The number of H-pyrrole nitrogens is 1. The average Bonchev–Trinajstić information content (AvgIpc) is 3.36. The van der Waals surface area contributed by atoms with E-state index in [4.69, 9.17) is 12.2 Å². The van der Waals surface area contributed by atoms with E-state index in [0.717, 1.165) is 16.8 Å². The molecule has 11 heteroatoms. The van der Waals surface area contributed by atoms with Crippen LogP contribution in [0.2, 0.25) is 0 Å². The SMILES string of the molecule is CSc1nnnn1-c1cccc(NC(=O)Cn2c(-c3ccc(C)cc3)n[nH]c2=S)c1. The molecule has 4 rings (SSSR count). The van der Waals surface area contributed by atoms with Crippen LogP contribution in [0.25, 0.3) is 17.1 Å². The molecule has 152 valence electrons. The first kappa shape index (κ1) is 20.0. The van der Waals surface area contributed by atoms with Crippen molar-refractivity contribution in [3.63, 3.8) is 0 Å². The number of hydrogen-bond donors (Lipinski definition) is 2. The molecule has 0 fully saturated rings. The van der Waals surface area contributed by atoms with Gasteiger partial charge in [-0.1, -0.05) is 47.7 Å². The summed E-state index contributed by atoms with van der Waals surface area (Å²) in [6.45, 7) is 2.05. The number of rotatable bonds is 6. The number of nitrogens with one attached hydrogen (secondary N) is 2. The molecule has 0 unspecified atom stereocenters. The number of anilines is 1. The van der Waals surface area contributed by atoms with Crippen LogP contribution in [0.5, 0.6) is 0 Å². The van der Waals surface area contributed by atoms with Crippen molar-refractivity contribution in [2.75, 3.05) is 11.6 Å². The summed E-state index contributed by atoms with van der Waals surface area (Å²) < 4.78 is 3.67. The summed E-state index contributed by atoms with van der Waals surface area (Å²) in [5.74, 6) is 0.391. The third-order valence-electron chi connectivity index (χ3n) is 4.37. The van der Waals surface area contributed by atoms with Gasteiger partial charge in [-0.25, -0.2) is 0 Å². The van der Waals surface area contributed by atoms with Crippen LogP contribution in [0.3, 0.4) is 0 Å². The maximum Gasteiger partial charge on any atom is 0.244 e. The van der Waals surface area contributed by atoms with Gasteiger partial charge >= 0.3 is 0 Å². The molecule has 0 aliphatic rings. The molecular formula is C19H18N8OS2. The number of tetrazole rings is 1. The first-order valence-corrected chi connectivity index (χ1v) is 10.6. The first-order valence-electron chi connectivity index (χ1n) is 9.00. The molecule has 1 amide bonds. The minimum atomic E-state index is -0.222. The van der Waals surface area contributed by atoms with E-state index in [0.29, 0.717) is 21.4 Å². The minimum absolute atomic E-state index is 0.0315. The third-order valence-corrected chi connectivity index (χ3v) is 5.30. The van der Waals surface area contributed by atoms with E-state index in [9.17, 15) is 4.79 Å². The third kappa shape index (κ3) is 4.16. The number of hydrogen-bond acceptors (Lipinski definition) is 7. The van der Waals surface area contributed by atoms with Crippen LogP contribution < -0.4 is 5.32 Å². The van der Waals surface area contributed by atoms with E-state index in [1.165, 1.54) is 11.8 Å². The Morgan fingerprint density at radius 1 is 1.23 bits per heavy atom. The van der Waals surface area contributed by atoms with E-state index in [2.05, 4.69) is 31.0 Å². The van der Waals surface area contributed by atoms with E-state index >= 15 is 0 Å². The molecule has 9 nitrogen and oxygen atoms in total. The summed E-state index contributed by atoms with van der Waals surface area (Å²) in [5, 5.41) is 22.2. The fourth-order valence-electron chi connectivity index (χ4n) is 2.92. The van der Waals surface area contributed by atoms with Crippen molar-refractivity contribution >= 4 is 35.6 Å². The van der Waals surface area contributed by atoms with Crippen molar-refractivity contribution in [2.24, 2.45) is 0 Å². The van der Waals surface area contributed by atoms with Gasteiger partial charge in [-0.3, -0.25) is 14.5 Å². The summed E-state index contributed by atoms with van der Waals surface area (Å²) in [5.41, 5.74) is 3.41. The van der Waals surface area contributed by atoms with E-state index in [-0.39, 0.29) is 12.5 Å². The maximum absolute atomic E-state index is 12.7. The molecular weight excluding hydrogens is 420 g/mol. The van der Waals surface area contributed by atoms with Gasteiger partial charge in [0.1, 0.15) is 6.54 Å². The second-order valence-corrected chi connectivity index (χ2v) is 7.64. The Bertz CT molecular complexity index is 1240. The van der Waals surface area contributed by atoms with Gasteiger partial charge in [0, 0.05) is 11.3 Å². The Morgan fingerprint density at radius 3 is 2.80 bits per heavy atom. The molecule has 0 bridgehead atoms. The number of nitrogens with zero attached hydrogens (tertiary/aromatic N) is 6. The number of benzene rings is 2. The normalized spacial score (nSPS) is 10.9. The quantitative estimate of drug-likeness (QED) is 0.351. The summed E-state index contributed by atoms with van der Waals surface area (Å²) in [6.07, 6.45) is 1.90. The Hall–Kier alpha value is -3.31. The largest absolute Gasteiger partial charge is 0.324 e. The highest BCUT2D eigenvalue weighted by molar-refractivity contribution is 7.98. The van der Waals surface area contributed by atoms with Crippen molar-refractivity contribution in [1.82, 2.24) is 35.0 Å². The zero-order valence-electron chi connectivity index (χ0n) is 16.2. The van der Waals surface area contributed by atoms with Crippen molar-refractivity contribution in [3.8, 4) is 17.1 Å². The number of aromatic nitrogens is 7. The molecule has 4 aromatic rings. The summed E-state index contributed by atoms with van der Waals surface area (Å²) in [6, 6.07) is 15.2. The van der Waals surface area contributed by atoms with Crippen LogP contribution in [0, 0.1) is 11.7 Å². The molecule has 30 heavy (non-hydrogen) atoms. The molecule has 0 spiro atoms. The van der Waals surface area contributed by atoms with Gasteiger partial charge in [-0.2, -0.15) is 9.78 Å². The lowest BCUT2D eigenvalue weighted by Crippen LogP contribution is -2.19. The summed E-state index contributed by atoms with van der Waals surface area (Å²) in [7, 11) is 0. The van der Waals surface area contributed by atoms with Gasteiger partial charge in [0.25, 0.3) is 0 Å². The molecule has 0 aliphatic carbocycles. The van der Waals surface area contributed by atoms with Crippen LogP contribution >= 0.6 is 24.0 Å². The molecule has 2 heterocycles. The zero-order chi connectivity index (χ0) is 21.1. The van der Waals surface area contributed by atoms with Gasteiger partial charge in [-0.05, 0) is 54.0 Å². The average molecular weight is 439 g/mol. The lowest BCUT2D eigenvalue weighted by atomic mass is 10.1. The molecule has 0 saturated heterocycles. The smallest absolute Gasteiger partial charge is 0.244 e. The second kappa shape index (κ2) is 8.59. The van der Waals surface area contributed by atoms with Crippen LogP contribution in [0.1, 0.15) is 5.56 Å². The van der Waals surface area contributed by atoms with Crippen LogP contribution in [0.4, 0.5) is 5.69 Å². The molecule has 2 aromatic carbocycles. The molecule has 0 aliphatic heterocycles. The van der Waals surface area contributed by atoms with Gasteiger partial charge < -0.3 is 5.32 Å². The highest BCUT2D eigenvalue weighted by Crippen LogP contribution is 2.20. The Kier molecular flexibility index (Phi) is 5.72. The predicted molar refractivity (Wildman–Crippen MR) is 117 cm³/mol. The van der Waals surface area contributed by atoms with Crippen molar-refractivity contribution < 1.29 is 4.79 Å². The van der Waals surface area contributed by atoms with Gasteiger partial charge in [0.2, 0.25) is 11.1 Å². The van der Waals surface area contributed by atoms with Crippen molar-refractivity contribution in [2.45, 2.75) is 18.6 Å². The maximum atomic E-state index is 12.7. The topological polar surface area (TPSA) is 106 Å². The van der Waals surface area contributed by atoms with E-state index in [1.807, 2.05) is 55.6 Å². The highest BCUT2D eigenvalue weighted by Gasteiger charge is 2.13. The fourth-order valence-corrected chi connectivity index (χ4v) is 3.54. The molecule has 2 aromatic heterocycles. The number of thioether (sulfide) groups is 1. The molecule has 0 radical (unpaired) electrons. The van der Waals surface area contributed by atoms with Gasteiger partial charge in [-0.15, -0.1) is 5.10 Å². The van der Waals surface area contributed by atoms with Crippen LogP contribution in [-0.4, -0.2) is 47.1 Å². The van der Waals surface area contributed by atoms with E-state index < -0.39 is 0 Å². The van der Waals surface area contributed by atoms with Crippen LogP contribution in [-0.2, 0) is 11.3 Å². The summed E-state index contributed by atoms with van der Waals surface area (Å²) >= 11 is 6.76. The highest BCUT2D eigenvalue weighted by atomic mass is 32.2.